The highest BCUT2D eigenvalue weighted by atomic mass is 16.1. The summed E-state index contributed by atoms with van der Waals surface area (Å²) in [5.74, 6) is 1.11. The Bertz CT molecular complexity index is 466. The zero-order chi connectivity index (χ0) is 15.2. The summed E-state index contributed by atoms with van der Waals surface area (Å²) < 4.78 is 0. The van der Waals surface area contributed by atoms with Crippen LogP contribution >= 0.6 is 0 Å². The molecule has 22 heavy (non-hydrogen) atoms. The van der Waals surface area contributed by atoms with Gasteiger partial charge in [-0.15, -0.1) is 0 Å². The molecular weight excluding hydrogens is 272 g/mol. The van der Waals surface area contributed by atoms with Gasteiger partial charge in [-0.05, 0) is 63.1 Å². The summed E-state index contributed by atoms with van der Waals surface area (Å²) in [5.41, 5.74) is 1.47. The van der Waals surface area contributed by atoms with Gasteiger partial charge in [0.1, 0.15) is 0 Å². The largest absolute Gasteiger partial charge is 0.356 e. The summed E-state index contributed by atoms with van der Waals surface area (Å²) in [6, 6.07) is 11.5. The molecule has 3 heteroatoms. The van der Waals surface area contributed by atoms with Gasteiger partial charge >= 0.3 is 0 Å². The van der Waals surface area contributed by atoms with E-state index >= 15 is 0 Å². The number of likely N-dealkylation sites (tertiary alicyclic amines) is 1. The number of hydrogen-bond acceptors (Lipinski definition) is 2. The van der Waals surface area contributed by atoms with Gasteiger partial charge in [-0.25, -0.2) is 0 Å². The van der Waals surface area contributed by atoms with Gasteiger partial charge in [0.05, 0.1) is 0 Å². The molecule has 0 spiro atoms. The van der Waals surface area contributed by atoms with Crippen molar-refractivity contribution in [2.75, 3.05) is 19.6 Å². The lowest BCUT2D eigenvalue weighted by Crippen LogP contribution is -2.41. The summed E-state index contributed by atoms with van der Waals surface area (Å²) in [7, 11) is 0. The molecule has 120 valence electrons. The Balaban J connectivity index is 1.41. The highest BCUT2D eigenvalue weighted by molar-refractivity contribution is 5.76. The van der Waals surface area contributed by atoms with E-state index in [4.69, 9.17) is 0 Å². The van der Waals surface area contributed by atoms with Gasteiger partial charge in [0.15, 0.2) is 0 Å². The Hall–Kier alpha value is -1.35. The van der Waals surface area contributed by atoms with Crippen LogP contribution < -0.4 is 5.32 Å². The molecule has 1 atom stereocenters. The van der Waals surface area contributed by atoms with Crippen molar-refractivity contribution in [3.63, 3.8) is 0 Å². The quantitative estimate of drug-likeness (QED) is 0.927. The predicted octanol–water partition coefficient (Wildman–Crippen LogP) is 3.00. The lowest BCUT2D eigenvalue weighted by molar-refractivity contribution is -0.120. The normalized spacial score (nSPS) is 24.7. The van der Waals surface area contributed by atoms with Crippen molar-refractivity contribution >= 4 is 5.91 Å². The van der Waals surface area contributed by atoms with Gasteiger partial charge in [0, 0.05) is 19.0 Å². The van der Waals surface area contributed by atoms with Crippen LogP contribution in [-0.2, 0) is 11.2 Å². The summed E-state index contributed by atoms with van der Waals surface area (Å²) >= 11 is 0. The van der Waals surface area contributed by atoms with E-state index in [1.807, 2.05) is 0 Å². The van der Waals surface area contributed by atoms with Crippen molar-refractivity contribution in [1.29, 1.82) is 0 Å². The fourth-order valence-electron chi connectivity index (χ4n) is 3.90. The number of carbonyl (C=O) groups is 1. The third-order valence-corrected chi connectivity index (χ3v) is 5.35. The van der Waals surface area contributed by atoms with E-state index in [0.717, 1.165) is 25.3 Å². The number of aryl methyl sites for hydroxylation is 1. The second kappa shape index (κ2) is 7.77. The zero-order valence-corrected chi connectivity index (χ0v) is 13.5. The van der Waals surface area contributed by atoms with Crippen molar-refractivity contribution in [1.82, 2.24) is 10.2 Å². The number of amides is 1. The molecule has 1 unspecified atom stereocenters. The maximum absolute atomic E-state index is 11.5. The molecular formula is C19H28N2O. The Morgan fingerprint density at radius 1 is 1.05 bits per heavy atom. The monoisotopic (exact) mass is 300 g/mol. The Morgan fingerprint density at radius 2 is 1.82 bits per heavy atom. The van der Waals surface area contributed by atoms with Crippen LogP contribution in [0.3, 0.4) is 0 Å². The van der Waals surface area contributed by atoms with E-state index in [0.29, 0.717) is 12.5 Å². The molecule has 0 saturated carbocycles. The Kier molecular flexibility index (Phi) is 5.49. The van der Waals surface area contributed by atoms with Crippen LogP contribution in [0.4, 0.5) is 0 Å². The molecule has 0 radical (unpaired) electrons. The number of piperidine rings is 1. The first kappa shape index (κ1) is 15.5. The average Bonchev–Trinajstić information content (AvgIpc) is 2.79. The third-order valence-electron chi connectivity index (χ3n) is 5.35. The van der Waals surface area contributed by atoms with E-state index in [1.165, 1.54) is 44.3 Å². The molecule has 3 nitrogen and oxygen atoms in total. The molecule has 0 aromatic heterocycles. The van der Waals surface area contributed by atoms with E-state index in [2.05, 4.69) is 40.5 Å². The minimum absolute atomic E-state index is 0.236. The van der Waals surface area contributed by atoms with Crippen LogP contribution in [0.5, 0.6) is 0 Å². The molecule has 1 amide bonds. The van der Waals surface area contributed by atoms with Crippen molar-refractivity contribution in [2.24, 2.45) is 5.92 Å². The summed E-state index contributed by atoms with van der Waals surface area (Å²) in [5, 5.41) is 3.00. The van der Waals surface area contributed by atoms with Crippen molar-refractivity contribution in [3.05, 3.63) is 35.9 Å². The SMILES string of the molecule is O=C1CCC(N2CCC(CCc3ccccc3)CC2)CCN1. The summed E-state index contributed by atoms with van der Waals surface area (Å²) in [6.07, 6.45) is 8.06. The molecule has 2 saturated heterocycles. The maximum atomic E-state index is 11.5. The summed E-state index contributed by atoms with van der Waals surface area (Å²) in [6.45, 7) is 3.30. The third kappa shape index (κ3) is 4.33. The smallest absolute Gasteiger partial charge is 0.220 e. The van der Waals surface area contributed by atoms with Crippen LogP contribution in [0.2, 0.25) is 0 Å². The number of benzene rings is 1. The van der Waals surface area contributed by atoms with Gasteiger partial charge in [-0.2, -0.15) is 0 Å². The Morgan fingerprint density at radius 3 is 2.59 bits per heavy atom. The molecule has 0 bridgehead atoms. The topological polar surface area (TPSA) is 32.3 Å². The highest BCUT2D eigenvalue weighted by Gasteiger charge is 2.26. The van der Waals surface area contributed by atoms with Crippen molar-refractivity contribution in [3.8, 4) is 0 Å². The zero-order valence-electron chi connectivity index (χ0n) is 13.5. The minimum Gasteiger partial charge on any atom is -0.356 e. The molecule has 0 aliphatic carbocycles. The molecule has 2 heterocycles. The number of nitrogens with zero attached hydrogens (tertiary/aromatic N) is 1. The van der Waals surface area contributed by atoms with Crippen LogP contribution in [0.25, 0.3) is 0 Å². The average molecular weight is 300 g/mol. The van der Waals surface area contributed by atoms with Crippen LogP contribution in [0.1, 0.15) is 44.1 Å². The lowest BCUT2D eigenvalue weighted by Gasteiger charge is -2.37. The predicted molar refractivity (Wildman–Crippen MR) is 89.7 cm³/mol. The minimum atomic E-state index is 0.236. The number of nitrogens with one attached hydrogen (secondary N) is 1. The first-order valence-electron chi connectivity index (χ1n) is 8.86. The van der Waals surface area contributed by atoms with Gasteiger partial charge in [-0.1, -0.05) is 30.3 Å². The Labute approximate surface area is 134 Å². The van der Waals surface area contributed by atoms with Gasteiger partial charge in [0.25, 0.3) is 0 Å². The fraction of sp³-hybridized carbons (Fsp3) is 0.632. The first-order chi connectivity index (χ1) is 10.8. The molecule has 1 aromatic rings. The molecule has 2 aliphatic heterocycles. The van der Waals surface area contributed by atoms with Crippen LogP contribution in [0, 0.1) is 5.92 Å². The number of hydrogen-bond donors (Lipinski definition) is 1. The van der Waals surface area contributed by atoms with Crippen LogP contribution in [0.15, 0.2) is 30.3 Å². The van der Waals surface area contributed by atoms with Gasteiger partial charge < -0.3 is 10.2 Å². The second-order valence-corrected chi connectivity index (χ2v) is 6.83. The molecule has 2 aliphatic rings. The van der Waals surface area contributed by atoms with E-state index in [-0.39, 0.29) is 5.91 Å². The molecule has 1 aromatic carbocycles. The summed E-state index contributed by atoms with van der Waals surface area (Å²) in [4.78, 5) is 14.1. The number of carbonyl (C=O) groups excluding carboxylic acids is 1. The van der Waals surface area contributed by atoms with Gasteiger partial charge in [-0.3, -0.25) is 4.79 Å². The van der Waals surface area contributed by atoms with E-state index < -0.39 is 0 Å². The van der Waals surface area contributed by atoms with E-state index in [1.54, 1.807) is 0 Å². The lowest BCUT2D eigenvalue weighted by atomic mass is 9.89. The van der Waals surface area contributed by atoms with Gasteiger partial charge in [0.2, 0.25) is 5.91 Å². The molecule has 1 N–H and O–H groups in total. The fourth-order valence-corrected chi connectivity index (χ4v) is 3.90. The first-order valence-corrected chi connectivity index (χ1v) is 8.86. The molecule has 3 rings (SSSR count). The van der Waals surface area contributed by atoms with Crippen molar-refractivity contribution in [2.45, 2.75) is 51.0 Å². The number of rotatable bonds is 4. The van der Waals surface area contributed by atoms with E-state index in [9.17, 15) is 4.79 Å². The standard InChI is InChI=1S/C19H28N2O/c22-19-9-8-18(10-13-20-19)21-14-11-17(12-15-21)7-6-16-4-2-1-3-5-16/h1-5,17-18H,6-15H2,(H,20,22). The van der Waals surface area contributed by atoms with Crippen molar-refractivity contribution < 1.29 is 4.79 Å². The second-order valence-electron chi connectivity index (χ2n) is 6.83. The molecule has 2 fully saturated rings. The highest BCUT2D eigenvalue weighted by Crippen LogP contribution is 2.26. The van der Waals surface area contributed by atoms with Crippen LogP contribution in [-0.4, -0.2) is 36.5 Å². The maximum Gasteiger partial charge on any atom is 0.220 e.